The molecule has 6 nitrogen and oxygen atoms in total. The van der Waals surface area contributed by atoms with Gasteiger partial charge < -0.3 is 15.0 Å². The van der Waals surface area contributed by atoms with Crippen LogP contribution in [-0.4, -0.2) is 29.9 Å². The van der Waals surface area contributed by atoms with Crippen molar-refractivity contribution in [2.45, 2.75) is 26.3 Å². The average Bonchev–Trinajstić information content (AvgIpc) is 3.07. The van der Waals surface area contributed by atoms with Gasteiger partial charge in [-0.1, -0.05) is 17.7 Å². The van der Waals surface area contributed by atoms with Crippen molar-refractivity contribution in [1.82, 2.24) is 10.3 Å². The predicted molar refractivity (Wildman–Crippen MR) is 99.6 cm³/mol. The lowest BCUT2D eigenvalue weighted by molar-refractivity contribution is -0.117. The van der Waals surface area contributed by atoms with Crippen molar-refractivity contribution >= 4 is 29.1 Å². The summed E-state index contributed by atoms with van der Waals surface area (Å²) in [6, 6.07) is 8.60. The lowest BCUT2D eigenvalue weighted by Crippen LogP contribution is -2.29. The van der Waals surface area contributed by atoms with E-state index in [4.69, 9.17) is 16.3 Å². The smallest absolute Gasteiger partial charge is 0.253 e. The van der Waals surface area contributed by atoms with Crippen molar-refractivity contribution in [1.29, 1.82) is 0 Å². The number of hydrogen-bond acceptors (Lipinski definition) is 4. The molecule has 0 aliphatic carbocycles. The zero-order chi connectivity index (χ0) is 18.5. The van der Waals surface area contributed by atoms with Crippen LogP contribution in [0.3, 0.4) is 0 Å². The Morgan fingerprint density at radius 1 is 1.38 bits per heavy atom. The molecule has 7 heteroatoms. The minimum atomic E-state index is -0.275. The molecule has 2 amide bonds. The van der Waals surface area contributed by atoms with Crippen LogP contribution in [0.4, 0.5) is 5.69 Å². The first kappa shape index (κ1) is 18.2. The summed E-state index contributed by atoms with van der Waals surface area (Å²) < 4.78 is 5.48. The Morgan fingerprint density at radius 2 is 2.23 bits per heavy atom. The van der Waals surface area contributed by atoms with Crippen molar-refractivity contribution in [2.75, 3.05) is 18.1 Å². The maximum atomic E-state index is 12.7. The summed E-state index contributed by atoms with van der Waals surface area (Å²) in [4.78, 5) is 30.6. The van der Waals surface area contributed by atoms with E-state index < -0.39 is 0 Å². The molecule has 2 heterocycles. The van der Waals surface area contributed by atoms with E-state index in [9.17, 15) is 9.59 Å². The highest BCUT2D eigenvalue weighted by Crippen LogP contribution is 2.29. The summed E-state index contributed by atoms with van der Waals surface area (Å²) in [5, 5.41) is 3.36. The summed E-state index contributed by atoms with van der Waals surface area (Å²) in [7, 11) is 0. The first-order chi connectivity index (χ1) is 12.6. The first-order valence-corrected chi connectivity index (χ1v) is 8.92. The number of amides is 2. The van der Waals surface area contributed by atoms with Crippen LogP contribution < -0.4 is 15.0 Å². The molecule has 1 N–H and O–H groups in total. The van der Waals surface area contributed by atoms with Gasteiger partial charge in [-0.3, -0.25) is 9.59 Å². The lowest BCUT2D eigenvalue weighted by Gasteiger charge is -2.20. The van der Waals surface area contributed by atoms with Gasteiger partial charge in [-0.25, -0.2) is 4.98 Å². The molecule has 1 saturated heterocycles. The number of nitrogens with zero attached hydrogens (tertiary/aromatic N) is 2. The number of hydrogen-bond donors (Lipinski definition) is 1. The Morgan fingerprint density at radius 3 is 2.96 bits per heavy atom. The van der Waals surface area contributed by atoms with Crippen molar-refractivity contribution in [2.24, 2.45) is 0 Å². The van der Waals surface area contributed by atoms with E-state index in [2.05, 4.69) is 10.3 Å². The summed E-state index contributed by atoms with van der Waals surface area (Å²) >= 11 is 6.08. The summed E-state index contributed by atoms with van der Waals surface area (Å²) in [5.74, 6) is 0.233. The topological polar surface area (TPSA) is 71.5 Å². The van der Waals surface area contributed by atoms with E-state index in [1.807, 2.05) is 13.0 Å². The third-order valence-electron chi connectivity index (χ3n) is 4.14. The third-order valence-corrected chi connectivity index (χ3v) is 4.37. The summed E-state index contributed by atoms with van der Waals surface area (Å²) in [5.41, 5.74) is 1.76. The second-order valence-corrected chi connectivity index (χ2v) is 6.33. The van der Waals surface area contributed by atoms with E-state index in [0.717, 1.165) is 12.0 Å². The highest BCUT2D eigenvalue weighted by atomic mass is 35.5. The molecule has 3 rings (SSSR count). The van der Waals surface area contributed by atoms with Gasteiger partial charge in [0.2, 0.25) is 11.8 Å². The van der Waals surface area contributed by atoms with Crippen molar-refractivity contribution in [3.63, 3.8) is 0 Å². The molecule has 0 unspecified atom stereocenters. The van der Waals surface area contributed by atoms with E-state index in [1.165, 1.54) is 0 Å². The number of pyridine rings is 1. The zero-order valence-corrected chi connectivity index (χ0v) is 15.3. The molecule has 26 heavy (non-hydrogen) atoms. The molecule has 1 aliphatic rings. The standard InChI is InChI=1S/C19H20ClN3O3/c1-2-26-19-13(5-3-9-21-19)12-22-18(25)15-8-7-14(20)11-16(15)23-10-4-6-17(23)24/h3,5,7-9,11H,2,4,6,10,12H2,1H3,(H,22,25). The van der Waals surface area contributed by atoms with E-state index in [0.29, 0.717) is 41.7 Å². The monoisotopic (exact) mass is 373 g/mol. The van der Waals surface area contributed by atoms with Crippen LogP contribution >= 0.6 is 11.6 Å². The number of halogens is 1. The van der Waals surface area contributed by atoms with Crippen molar-refractivity contribution in [3.05, 3.63) is 52.7 Å². The van der Waals surface area contributed by atoms with Crippen LogP contribution in [0.15, 0.2) is 36.5 Å². The van der Waals surface area contributed by atoms with Gasteiger partial charge >= 0.3 is 0 Å². The highest BCUT2D eigenvalue weighted by Gasteiger charge is 2.26. The molecule has 0 saturated carbocycles. The molecular formula is C19H20ClN3O3. The number of aromatic nitrogens is 1. The molecule has 2 aromatic rings. The van der Waals surface area contributed by atoms with E-state index in [1.54, 1.807) is 35.4 Å². The Balaban J connectivity index is 1.79. The highest BCUT2D eigenvalue weighted by molar-refractivity contribution is 6.31. The Hall–Kier alpha value is -2.60. The van der Waals surface area contributed by atoms with E-state index in [-0.39, 0.29) is 18.4 Å². The molecule has 136 valence electrons. The normalized spacial score (nSPS) is 13.8. The van der Waals surface area contributed by atoms with Crippen molar-refractivity contribution < 1.29 is 14.3 Å². The fraction of sp³-hybridized carbons (Fsp3) is 0.316. The first-order valence-electron chi connectivity index (χ1n) is 8.55. The lowest BCUT2D eigenvalue weighted by atomic mass is 10.1. The van der Waals surface area contributed by atoms with Crippen LogP contribution in [0.1, 0.15) is 35.7 Å². The minimum Gasteiger partial charge on any atom is -0.478 e. The van der Waals surface area contributed by atoms with Gasteiger partial charge in [-0.15, -0.1) is 0 Å². The Bertz CT molecular complexity index is 825. The summed E-state index contributed by atoms with van der Waals surface area (Å²) in [6.07, 6.45) is 2.91. The zero-order valence-electron chi connectivity index (χ0n) is 14.5. The molecule has 0 spiro atoms. The fourth-order valence-corrected chi connectivity index (χ4v) is 3.09. The number of carbonyl (C=O) groups excluding carboxylic acids is 2. The van der Waals surface area contributed by atoms with Gasteiger partial charge in [0.1, 0.15) is 0 Å². The molecule has 1 aromatic carbocycles. The van der Waals surface area contributed by atoms with Crippen LogP contribution in [0, 0.1) is 0 Å². The number of nitrogens with one attached hydrogen (secondary N) is 1. The van der Waals surface area contributed by atoms with E-state index >= 15 is 0 Å². The van der Waals surface area contributed by atoms with Crippen LogP contribution in [0.5, 0.6) is 5.88 Å². The van der Waals surface area contributed by atoms with Gasteiger partial charge in [0, 0.05) is 36.3 Å². The summed E-state index contributed by atoms with van der Waals surface area (Å²) in [6.45, 7) is 3.25. The van der Waals surface area contributed by atoms with Gasteiger partial charge in [0.05, 0.1) is 17.9 Å². The molecule has 1 aliphatic heterocycles. The fourth-order valence-electron chi connectivity index (χ4n) is 2.92. The quantitative estimate of drug-likeness (QED) is 0.844. The van der Waals surface area contributed by atoms with Crippen molar-refractivity contribution in [3.8, 4) is 5.88 Å². The van der Waals surface area contributed by atoms with Gasteiger partial charge in [0.25, 0.3) is 5.91 Å². The number of ether oxygens (including phenoxy) is 1. The Kier molecular flexibility index (Phi) is 5.73. The minimum absolute atomic E-state index is 0.00667. The SMILES string of the molecule is CCOc1ncccc1CNC(=O)c1ccc(Cl)cc1N1CCCC1=O. The second-order valence-electron chi connectivity index (χ2n) is 5.89. The molecule has 0 radical (unpaired) electrons. The third kappa shape index (κ3) is 3.96. The maximum absolute atomic E-state index is 12.7. The largest absolute Gasteiger partial charge is 0.478 e. The van der Waals surface area contributed by atoms with Gasteiger partial charge in [-0.2, -0.15) is 0 Å². The van der Waals surface area contributed by atoms with Gasteiger partial charge in [-0.05, 0) is 37.6 Å². The predicted octanol–water partition coefficient (Wildman–Crippen LogP) is 3.19. The molecule has 0 bridgehead atoms. The number of carbonyl (C=O) groups is 2. The maximum Gasteiger partial charge on any atom is 0.253 e. The van der Waals surface area contributed by atoms with Crippen LogP contribution in [0.25, 0.3) is 0 Å². The molecule has 1 aromatic heterocycles. The Labute approximate surface area is 157 Å². The number of benzene rings is 1. The van der Waals surface area contributed by atoms with Crippen LogP contribution in [-0.2, 0) is 11.3 Å². The molecular weight excluding hydrogens is 354 g/mol. The number of anilines is 1. The van der Waals surface area contributed by atoms with Gasteiger partial charge in [0.15, 0.2) is 0 Å². The molecule has 0 atom stereocenters. The second kappa shape index (κ2) is 8.19. The number of rotatable bonds is 6. The van der Waals surface area contributed by atoms with Crippen LogP contribution in [0.2, 0.25) is 5.02 Å². The average molecular weight is 374 g/mol. The molecule has 1 fully saturated rings.